The van der Waals surface area contributed by atoms with E-state index >= 15 is 0 Å². The summed E-state index contributed by atoms with van der Waals surface area (Å²) in [5.74, 6) is -1.63. The Morgan fingerprint density at radius 2 is 1.86 bits per heavy atom. The number of aliphatic hydroxyl groups is 1. The first-order chi connectivity index (χ1) is 16.4. The van der Waals surface area contributed by atoms with Crippen LogP contribution in [0.1, 0.15) is 36.5 Å². The number of nitrogens with zero attached hydrogens (tertiary/aromatic N) is 4. The Kier molecular flexibility index (Phi) is 8.01. The van der Waals surface area contributed by atoms with Gasteiger partial charge in [-0.15, -0.1) is 0 Å². The van der Waals surface area contributed by atoms with Crippen LogP contribution in [-0.4, -0.2) is 43.1 Å². The van der Waals surface area contributed by atoms with Gasteiger partial charge in [0.25, 0.3) is 11.5 Å². The predicted octanol–water partition coefficient (Wildman–Crippen LogP) is 3.34. The third kappa shape index (κ3) is 6.49. The number of likely N-dealkylation sites (N-methyl/N-ethyl adjacent to an activating group) is 1. The Hall–Kier alpha value is -3.18. The second kappa shape index (κ2) is 10.6. The van der Waals surface area contributed by atoms with Gasteiger partial charge in [0.05, 0.1) is 36.9 Å². The molecule has 3 rings (SSSR count). The van der Waals surface area contributed by atoms with Crippen LogP contribution in [0.3, 0.4) is 0 Å². The first-order valence-corrected chi connectivity index (χ1v) is 11.4. The highest BCUT2D eigenvalue weighted by molar-refractivity contribution is 9.10. The highest BCUT2D eigenvalue weighted by Gasteiger charge is 2.27. The molecule has 0 radical (unpaired) electrons. The molecule has 0 saturated heterocycles. The Labute approximate surface area is 209 Å². The molecule has 2 aromatic heterocycles. The molecule has 0 atom stereocenters. The molecular weight excluding hydrogens is 526 g/mol. The Bertz CT molecular complexity index is 1290. The van der Waals surface area contributed by atoms with Gasteiger partial charge in [0.2, 0.25) is 0 Å². The van der Waals surface area contributed by atoms with Gasteiger partial charge in [-0.1, -0.05) is 0 Å². The maximum Gasteiger partial charge on any atom is 0.269 e. The summed E-state index contributed by atoms with van der Waals surface area (Å²) >= 11 is 3.24. The molecule has 186 valence electrons. The van der Waals surface area contributed by atoms with Crippen LogP contribution in [0, 0.1) is 18.6 Å². The van der Waals surface area contributed by atoms with Crippen LogP contribution >= 0.6 is 15.9 Å². The van der Waals surface area contributed by atoms with Gasteiger partial charge in [-0.2, -0.15) is 0 Å². The monoisotopic (exact) mass is 550 g/mol. The summed E-state index contributed by atoms with van der Waals surface area (Å²) in [7, 11) is 1.56. The number of aryl methyl sites for hydroxylation is 1. The van der Waals surface area contributed by atoms with E-state index in [9.17, 15) is 23.5 Å². The molecule has 0 fully saturated rings. The van der Waals surface area contributed by atoms with E-state index in [2.05, 4.69) is 25.9 Å². The van der Waals surface area contributed by atoms with Crippen molar-refractivity contribution in [3.8, 4) is 5.75 Å². The fraction of sp³-hybridized carbons (Fsp3) is 0.333. The van der Waals surface area contributed by atoms with Crippen molar-refractivity contribution < 1.29 is 23.4 Å². The Morgan fingerprint density at radius 3 is 2.46 bits per heavy atom. The topological polar surface area (TPSA) is 97.6 Å². The quantitative estimate of drug-likeness (QED) is 0.462. The molecule has 1 amide bonds. The lowest BCUT2D eigenvalue weighted by atomic mass is 10.1. The lowest BCUT2D eigenvalue weighted by molar-refractivity contribution is -0.147. The number of amides is 1. The van der Waals surface area contributed by atoms with E-state index in [-0.39, 0.29) is 41.0 Å². The van der Waals surface area contributed by atoms with Crippen molar-refractivity contribution in [3.05, 3.63) is 85.8 Å². The van der Waals surface area contributed by atoms with Crippen LogP contribution in [0.4, 0.5) is 8.78 Å². The number of hydrogen-bond acceptors (Lipinski definition) is 6. The number of carbonyl (C=O) groups is 1. The molecule has 1 aromatic carbocycles. The molecular formula is C24H25BrF2N4O4. The van der Waals surface area contributed by atoms with Crippen LogP contribution < -0.4 is 10.3 Å². The van der Waals surface area contributed by atoms with E-state index in [0.717, 1.165) is 12.1 Å². The highest BCUT2D eigenvalue weighted by Crippen LogP contribution is 2.24. The van der Waals surface area contributed by atoms with Gasteiger partial charge in [0, 0.05) is 30.4 Å². The molecule has 0 unspecified atom stereocenters. The number of carbonyl (C=O) groups excluding carboxylic acids is 1. The van der Waals surface area contributed by atoms with Gasteiger partial charge in [-0.3, -0.25) is 19.6 Å². The molecule has 0 aliphatic carbocycles. The predicted molar refractivity (Wildman–Crippen MR) is 128 cm³/mol. The molecule has 1 N–H and O–H groups in total. The number of rotatable bonds is 8. The van der Waals surface area contributed by atoms with Gasteiger partial charge in [0.1, 0.15) is 34.1 Å². The fourth-order valence-electron chi connectivity index (χ4n) is 3.30. The summed E-state index contributed by atoms with van der Waals surface area (Å²) in [5, 5.41) is 9.85. The molecule has 0 saturated carbocycles. The average molecular weight is 551 g/mol. The number of pyridine rings is 1. The van der Waals surface area contributed by atoms with Crippen molar-refractivity contribution in [1.29, 1.82) is 0 Å². The van der Waals surface area contributed by atoms with Crippen molar-refractivity contribution >= 4 is 21.8 Å². The van der Waals surface area contributed by atoms with E-state index in [1.54, 1.807) is 20.0 Å². The molecule has 3 aromatic rings. The average Bonchev–Trinajstić information content (AvgIpc) is 2.79. The minimum Gasteiger partial charge on any atom is -0.487 e. The highest BCUT2D eigenvalue weighted by atomic mass is 79.9. The minimum absolute atomic E-state index is 0.141. The zero-order valence-electron chi connectivity index (χ0n) is 19.7. The SMILES string of the molecule is Cc1cc(OCc2ccc(F)cc2F)c(Br)c(=O)n1Cc1cnc(CN(C)C(=O)C(C)(C)O)cn1. The zero-order chi connectivity index (χ0) is 25.9. The minimum atomic E-state index is -1.49. The molecule has 8 nitrogen and oxygen atoms in total. The summed E-state index contributed by atoms with van der Waals surface area (Å²) in [4.78, 5) is 35.0. The number of benzene rings is 1. The molecule has 35 heavy (non-hydrogen) atoms. The van der Waals surface area contributed by atoms with Gasteiger partial charge in [-0.25, -0.2) is 8.78 Å². The second-order valence-corrected chi connectivity index (χ2v) is 9.39. The van der Waals surface area contributed by atoms with Crippen molar-refractivity contribution in [2.75, 3.05) is 7.05 Å². The van der Waals surface area contributed by atoms with Gasteiger partial charge >= 0.3 is 0 Å². The van der Waals surface area contributed by atoms with Gasteiger partial charge in [0.15, 0.2) is 0 Å². The third-order valence-electron chi connectivity index (χ3n) is 5.16. The largest absolute Gasteiger partial charge is 0.487 e. The normalized spacial score (nSPS) is 11.4. The number of aromatic nitrogens is 3. The smallest absolute Gasteiger partial charge is 0.269 e. The molecule has 2 heterocycles. The van der Waals surface area contributed by atoms with Crippen LogP contribution in [0.5, 0.6) is 5.75 Å². The van der Waals surface area contributed by atoms with E-state index in [0.29, 0.717) is 17.1 Å². The summed E-state index contributed by atoms with van der Waals surface area (Å²) < 4.78 is 34.2. The molecule has 11 heteroatoms. The number of hydrogen-bond donors (Lipinski definition) is 1. The van der Waals surface area contributed by atoms with Crippen LogP contribution in [0.2, 0.25) is 0 Å². The molecule has 0 aliphatic rings. The maximum absolute atomic E-state index is 13.9. The first kappa shape index (κ1) is 26.4. The lowest BCUT2D eigenvalue weighted by Crippen LogP contribution is -2.42. The molecule has 0 bridgehead atoms. The molecule has 0 spiro atoms. The third-order valence-corrected chi connectivity index (χ3v) is 5.89. The van der Waals surface area contributed by atoms with Crippen molar-refractivity contribution in [2.24, 2.45) is 0 Å². The lowest BCUT2D eigenvalue weighted by Gasteiger charge is -2.24. The maximum atomic E-state index is 13.9. The van der Waals surface area contributed by atoms with E-state index in [4.69, 9.17) is 4.74 Å². The van der Waals surface area contributed by atoms with Crippen LogP contribution in [-0.2, 0) is 24.5 Å². The zero-order valence-corrected chi connectivity index (χ0v) is 21.3. The van der Waals surface area contributed by atoms with Crippen LogP contribution in [0.15, 0.2) is 45.9 Å². The number of halogens is 3. The summed E-state index contributed by atoms with van der Waals surface area (Å²) in [6.45, 7) is 4.68. The van der Waals surface area contributed by atoms with Gasteiger partial charge in [-0.05, 0) is 48.8 Å². The van der Waals surface area contributed by atoms with Crippen molar-refractivity contribution in [1.82, 2.24) is 19.4 Å². The van der Waals surface area contributed by atoms with Gasteiger partial charge < -0.3 is 19.3 Å². The van der Waals surface area contributed by atoms with E-state index < -0.39 is 23.1 Å². The first-order valence-electron chi connectivity index (χ1n) is 10.6. The molecule has 0 aliphatic heterocycles. The van der Waals surface area contributed by atoms with Crippen molar-refractivity contribution in [2.45, 2.75) is 46.1 Å². The Morgan fingerprint density at radius 1 is 1.20 bits per heavy atom. The standard InChI is InChI=1S/C24H25BrF2N4O4/c1-14-7-20(35-13-15-5-6-16(26)8-19(15)27)21(25)22(32)31(14)12-18-10-28-17(9-29-18)11-30(4)23(33)24(2,3)34/h5-10,34H,11-13H2,1-4H3. The van der Waals surface area contributed by atoms with E-state index in [1.807, 2.05) is 0 Å². The fourth-order valence-corrected chi connectivity index (χ4v) is 3.74. The van der Waals surface area contributed by atoms with Crippen molar-refractivity contribution in [3.63, 3.8) is 0 Å². The summed E-state index contributed by atoms with van der Waals surface area (Å²) in [6.07, 6.45) is 3.02. The number of ether oxygens (including phenoxy) is 1. The Balaban J connectivity index is 1.72. The summed E-state index contributed by atoms with van der Waals surface area (Å²) in [5.41, 5.74) is -0.0854. The summed E-state index contributed by atoms with van der Waals surface area (Å²) in [6, 6.07) is 4.82. The van der Waals surface area contributed by atoms with E-state index in [1.165, 1.54) is 41.8 Å². The second-order valence-electron chi connectivity index (χ2n) is 8.60. The van der Waals surface area contributed by atoms with Crippen LogP contribution in [0.25, 0.3) is 0 Å².